The van der Waals surface area contributed by atoms with Gasteiger partial charge in [-0.05, 0) is 47.5 Å². The van der Waals surface area contributed by atoms with Crippen LogP contribution in [0.3, 0.4) is 0 Å². The number of carbonyl (C=O) groups is 1. The topological polar surface area (TPSA) is 72.8 Å². The van der Waals surface area contributed by atoms with Crippen molar-refractivity contribution in [3.63, 3.8) is 0 Å². The van der Waals surface area contributed by atoms with Crippen molar-refractivity contribution in [1.29, 1.82) is 0 Å². The number of hydrogen-bond donors (Lipinski definition) is 1. The Balaban J connectivity index is 1.29. The van der Waals surface area contributed by atoms with Crippen LogP contribution in [0.4, 0.5) is 0 Å². The Morgan fingerprint density at radius 2 is 1.84 bits per heavy atom. The van der Waals surface area contributed by atoms with Gasteiger partial charge in [-0.15, -0.1) is 11.3 Å². The van der Waals surface area contributed by atoms with Crippen molar-refractivity contribution < 1.29 is 14.3 Å². The zero-order chi connectivity index (χ0) is 22.2. The number of methoxy groups -OCH3 is 1. The van der Waals surface area contributed by atoms with Crippen LogP contribution in [0, 0.1) is 0 Å². The summed E-state index contributed by atoms with van der Waals surface area (Å²) >= 11 is 1.60. The van der Waals surface area contributed by atoms with E-state index in [4.69, 9.17) is 9.47 Å². The highest BCUT2D eigenvalue weighted by molar-refractivity contribution is 7.15. The van der Waals surface area contributed by atoms with E-state index in [1.807, 2.05) is 48.7 Å². The number of thiazole rings is 1. The minimum absolute atomic E-state index is 0.303. The van der Waals surface area contributed by atoms with E-state index in [2.05, 4.69) is 27.6 Å². The Hall–Kier alpha value is -3.97. The molecule has 160 valence electrons. The highest BCUT2D eigenvalue weighted by Crippen LogP contribution is 2.26. The van der Waals surface area contributed by atoms with Crippen molar-refractivity contribution in [2.45, 2.75) is 6.61 Å². The summed E-state index contributed by atoms with van der Waals surface area (Å²) < 4.78 is 11.0. The summed E-state index contributed by atoms with van der Waals surface area (Å²) in [5.41, 5.74) is 4.97. The molecule has 0 unspecified atom stereocenters. The van der Waals surface area contributed by atoms with E-state index < -0.39 is 0 Å². The third-order valence-corrected chi connectivity index (χ3v) is 5.58. The van der Waals surface area contributed by atoms with Gasteiger partial charge in [-0.3, -0.25) is 4.79 Å². The molecule has 0 bridgehead atoms. The second-order valence-corrected chi connectivity index (χ2v) is 7.89. The first-order valence-electron chi connectivity index (χ1n) is 9.92. The number of ether oxygens (including phenoxy) is 2. The highest BCUT2D eigenvalue weighted by atomic mass is 32.1. The molecule has 0 radical (unpaired) electrons. The molecule has 1 amide bonds. The van der Waals surface area contributed by atoms with Crippen LogP contribution >= 0.6 is 11.3 Å². The average molecular weight is 444 g/mol. The Kier molecular flexibility index (Phi) is 6.89. The van der Waals surface area contributed by atoms with Crippen molar-refractivity contribution in [3.8, 4) is 21.9 Å². The van der Waals surface area contributed by atoms with Gasteiger partial charge in [0.25, 0.3) is 5.91 Å². The molecule has 0 atom stereocenters. The number of rotatable bonds is 8. The normalized spacial score (nSPS) is 10.8. The molecule has 0 spiro atoms. The quantitative estimate of drug-likeness (QED) is 0.302. The smallest absolute Gasteiger partial charge is 0.271 e. The highest BCUT2D eigenvalue weighted by Gasteiger charge is 2.07. The van der Waals surface area contributed by atoms with Crippen molar-refractivity contribution in [1.82, 2.24) is 10.4 Å². The second-order valence-electron chi connectivity index (χ2n) is 6.77. The number of carbonyl (C=O) groups excluding carboxylic acids is 1. The lowest BCUT2D eigenvalue weighted by Gasteiger charge is -2.05. The van der Waals surface area contributed by atoms with Gasteiger partial charge in [0.15, 0.2) is 0 Å². The van der Waals surface area contributed by atoms with Crippen LogP contribution in [-0.4, -0.2) is 24.2 Å². The van der Waals surface area contributed by atoms with E-state index >= 15 is 0 Å². The molecule has 4 rings (SSSR count). The molecular formula is C25H21N3O3S. The molecule has 3 aromatic carbocycles. The number of hydrogen-bond acceptors (Lipinski definition) is 6. The van der Waals surface area contributed by atoms with Gasteiger partial charge in [-0.25, -0.2) is 10.4 Å². The fourth-order valence-electron chi connectivity index (χ4n) is 2.91. The molecule has 0 saturated carbocycles. The monoisotopic (exact) mass is 443 g/mol. The van der Waals surface area contributed by atoms with Gasteiger partial charge in [0.05, 0.1) is 18.2 Å². The van der Waals surface area contributed by atoms with Crippen molar-refractivity contribution in [2.24, 2.45) is 5.10 Å². The molecule has 7 heteroatoms. The van der Waals surface area contributed by atoms with Crippen LogP contribution in [0.25, 0.3) is 10.4 Å². The summed E-state index contributed by atoms with van der Waals surface area (Å²) in [6.45, 7) is 0.369. The number of nitrogens with zero attached hydrogens (tertiary/aromatic N) is 2. The molecule has 0 aliphatic carbocycles. The van der Waals surface area contributed by atoms with Gasteiger partial charge in [0, 0.05) is 11.8 Å². The molecule has 0 aliphatic rings. The first kappa shape index (κ1) is 21.3. The lowest BCUT2D eigenvalue weighted by atomic mass is 10.2. The van der Waals surface area contributed by atoms with Gasteiger partial charge < -0.3 is 9.47 Å². The Bertz CT molecular complexity index is 1200. The van der Waals surface area contributed by atoms with Gasteiger partial charge in [0.2, 0.25) is 0 Å². The molecule has 32 heavy (non-hydrogen) atoms. The summed E-state index contributed by atoms with van der Waals surface area (Å²) in [4.78, 5) is 17.8. The number of nitrogens with one attached hydrogen (secondary N) is 1. The minimum Gasteiger partial charge on any atom is -0.497 e. The summed E-state index contributed by atoms with van der Waals surface area (Å²) in [6, 6.07) is 24.4. The van der Waals surface area contributed by atoms with Gasteiger partial charge in [-0.2, -0.15) is 5.10 Å². The number of amides is 1. The van der Waals surface area contributed by atoms with Crippen LogP contribution in [0.5, 0.6) is 11.5 Å². The predicted octanol–water partition coefficient (Wildman–Crippen LogP) is 5.16. The van der Waals surface area contributed by atoms with Crippen LogP contribution in [0.1, 0.15) is 20.9 Å². The predicted molar refractivity (Wildman–Crippen MR) is 126 cm³/mol. The largest absolute Gasteiger partial charge is 0.497 e. The molecule has 1 aromatic heterocycles. The van der Waals surface area contributed by atoms with E-state index in [1.165, 1.54) is 0 Å². The summed E-state index contributed by atoms with van der Waals surface area (Å²) in [5.74, 6) is 1.09. The van der Waals surface area contributed by atoms with Gasteiger partial charge >= 0.3 is 0 Å². The van der Waals surface area contributed by atoms with E-state index in [1.54, 1.807) is 48.9 Å². The minimum atomic E-state index is -0.303. The van der Waals surface area contributed by atoms with Crippen LogP contribution < -0.4 is 14.9 Å². The van der Waals surface area contributed by atoms with Crippen LogP contribution in [-0.2, 0) is 6.61 Å². The van der Waals surface area contributed by atoms with E-state index in [9.17, 15) is 4.79 Å². The fraction of sp³-hybridized carbons (Fsp3) is 0.0800. The lowest BCUT2D eigenvalue weighted by Crippen LogP contribution is -2.17. The summed E-state index contributed by atoms with van der Waals surface area (Å²) in [5, 5.41) is 4.89. The third-order valence-electron chi connectivity index (χ3n) is 4.56. The van der Waals surface area contributed by atoms with Gasteiger partial charge in [-0.1, -0.05) is 42.5 Å². The lowest BCUT2D eigenvalue weighted by molar-refractivity contribution is 0.0955. The van der Waals surface area contributed by atoms with Crippen LogP contribution in [0.2, 0.25) is 0 Å². The molecule has 4 aromatic rings. The standard InChI is InChI=1S/C25H21N3O3S/c1-30-22-9-5-6-18(14-22)15-27-28-25(29)20-10-12-21(13-11-20)31-17-24-26-16-23(32-24)19-7-3-2-4-8-19/h2-16H,17H2,1H3,(H,28,29)/b27-15+. The molecule has 1 N–H and O–H groups in total. The first-order valence-corrected chi connectivity index (χ1v) is 10.7. The maximum absolute atomic E-state index is 12.3. The average Bonchev–Trinajstić information content (AvgIpc) is 3.33. The second kappa shape index (κ2) is 10.4. The maximum atomic E-state index is 12.3. The number of hydrazone groups is 1. The molecule has 0 aliphatic heterocycles. The Morgan fingerprint density at radius 3 is 2.62 bits per heavy atom. The van der Waals surface area contributed by atoms with Gasteiger partial charge in [0.1, 0.15) is 23.1 Å². The summed E-state index contributed by atoms with van der Waals surface area (Å²) in [7, 11) is 1.60. The molecule has 0 fully saturated rings. The van der Waals surface area contributed by atoms with Crippen molar-refractivity contribution in [3.05, 3.63) is 101 Å². The van der Waals surface area contributed by atoms with E-state index in [-0.39, 0.29) is 5.91 Å². The Labute approximate surface area is 190 Å². The van der Waals surface area contributed by atoms with Crippen molar-refractivity contribution >= 4 is 23.5 Å². The number of aromatic nitrogens is 1. The summed E-state index contributed by atoms with van der Waals surface area (Å²) in [6.07, 6.45) is 3.42. The van der Waals surface area contributed by atoms with E-state index in [0.717, 1.165) is 26.8 Å². The van der Waals surface area contributed by atoms with E-state index in [0.29, 0.717) is 17.9 Å². The van der Waals surface area contributed by atoms with Crippen LogP contribution in [0.15, 0.2) is 90.2 Å². The van der Waals surface area contributed by atoms with Crippen molar-refractivity contribution in [2.75, 3.05) is 7.11 Å². The Morgan fingerprint density at radius 1 is 1.03 bits per heavy atom. The molecule has 0 saturated heterocycles. The first-order chi connectivity index (χ1) is 15.7. The zero-order valence-corrected chi connectivity index (χ0v) is 18.2. The molecule has 6 nitrogen and oxygen atoms in total. The number of benzene rings is 3. The fourth-order valence-corrected chi connectivity index (χ4v) is 3.75. The SMILES string of the molecule is COc1cccc(/C=N/NC(=O)c2ccc(OCc3ncc(-c4ccccc4)s3)cc2)c1. The molecule has 1 heterocycles. The third kappa shape index (κ3) is 5.59. The maximum Gasteiger partial charge on any atom is 0.271 e. The zero-order valence-electron chi connectivity index (χ0n) is 17.4. The molecular weight excluding hydrogens is 422 g/mol.